The summed E-state index contributed by atoms with van der Waals surface area (Å²) < 4.78 is 7.59. The summed E-state index contributed by atoms with van der Waals surface area (Å²) in [6, 6.07) is 7.06. The van der Waals surface area contributed by atoms with Gasteiger partial charge in [-0.3, -0.25) is 14.3 Å². The molecule has 1 aliphatic rings. The van der Waals surface area contributed by atoms with Crippen molar-refractivity contribution in [2.75, 3.05) is 26.2 Å². The highest BCUT2D eigenvalue weighted by molar-refractivity contribution is 6.31. The molecular weight excluding hydrogens is 404 g/mol. The molecule has 1 N–H and O–H groups in total. The molecule has 7 nitrogen and oxygen atoms in total. The normalized spacial score (nSPS) is 16.2. The van der Waals surface area contributed by atoms with Crippen LogP contribution in [0.1, 0.15) is 47.4 Å². The van der Waals surface area contributed by atoms with Crippen LogP contribution in [0.2, 0.25) is 5.02 Å². The van der Waals surface area contributed by atoms with Crippen LogP contribution in [0.5, 0.6) is 5.75 Å². The molecule has 1 aliphatic heterocycles. The molecule has 30 heavy (non-hydrogen) atoms. The van der Waals surface area contributed by atoms with Crippen LogP contribution in [0.4, 0.5) is 0 Å². The number of benzene rings is 1. The second-order valence-electron chi connectivity index (χ2n) is 7.62. The molecule has 2 heterocycles. The van der Waals surface area contributed by atoms with Crippen molar-refractivity contribution in [3.8, 4) is 5.75 Å². The minimum Gasteiger partial charge on any atom is -0.493 e. The Labute approximate surface area is 182 Å². The lowest BCUT2D eigenvalue weighted by molar-refractivity contribution is -0.132. The molecule has 162 valence electrons. The highest BCUT2D eigenvalue weighted by atomic mass is 35.5. The van der Waals surface area contributed by atoms with Gasteiger partial charge in [0, 0.05) is 30.4 Å². The molecule has 0 saturated heterocycles. The fourth-order valence-corrected chi connectivity index (χ4v) is 3.71. The van der Waals surface area contributed by atoms with E-state index in [1.54, 1.807) is 22.9 Å². The highest BCUT2D eigenvalue weighted by Crippen LogP contribution is 2.23. The number of nitrogens with zero attached hydrogens (tertiary/aromatic N) is 3. The third-order valence-electron chi connectivity index (χ3n) is 5.15. The Kier molecular flexibility index (Phi) is 7.74. The van der Waals surface area contributed by atoms with Crippen LogP contribution < -0.4 is 10.1 Å². The maximum Gasteiger partial charge on any atom is 0.255 e. The summed E-state index contributed by atoms with van der Waals surface area (Å²) in [6.45, 7) is 6.49. The number of ether oxygens (including phenoxy) is 1. The van der Waals surface area contributed by atoms with Crippen LogP contribution >= 0.6 is 11.6 Å². The number of hydrogen-bond donors (Lipinski definition) is 1. The first-order valence-electron chi connectivity index (χ1n) is 10.4. The number of aryl methyl sites for hydroxylation is 2. The molecule has 3 rings (SSSR count). The van der Waals surface area contributed by atoms with Crippen LogP contribution in [0.15, 0.2) is 24.3 Å². The van der Waals surface area contributed by atoms with Crippen molar-refractivity contribution < 1.29 is 14.3 Å². The lowest BCUT2D eigenvalue weighted by atomic mass is 10.1. The van der Waals surface area contributed by atoms with E-state index in [-0.39, 0.29) is 18.4 Å². The summed E-state index contributed by atoms with van der Waals surface area (Å²) in [7, 11) is 0. The zero-order valence-corrected chi connectivity index (χ0v) is 18.4. The Hall–Kier alpha value is -2.54. The predicted molar refractivity (Wildman–Crippen MR) is 116 cm³/mol. The number of nitrogens with one attached hydrogen (secondary N) is 1. The third-order valence-corrected chi connectivity index (χ3v) is 5.38. The van der Waals surface area contributed by atoms with Crippen molar-refractivity contribution in [1.29, 1.82) is 0 Å². The third kappa shape index (κ3) is 5.98. The van der Waals surface area contributed by atoms with E-state index in [0.717, 1.165) is 37.1 Å². The van der Waals surface area contributed by atoms with Gasteiger partial charge in [0.05, 0.1) is 17.9 Å². The summed E-state index contributed by atoms with van der Waals surface area (Å²) >= 11 is 6.05. The summed E-state index contributed by atoms with van der Waals surface area (Å²) in [5.74, 6) is 0.409. The smallest absolute Gasteiger partial charge is 0.255 e. The molecule has 0 unspecified atom stereocenters. The second kappa shape index (κ2) is 10.5. The lowest BCUT2D eigenvalue weighted by Crippen LogP contribution is -2.36. The zero-order chi connectivity index (χ0) is 21.5. The first kappa shape index (κ1) is 22.2. The van der Waals surface area contributed by atoms with E-state index in [0.29, 0.717) is 42.6 Å². The molecule has 0 bridgehead atoms. The fraction of sp³-hybridized carbons (Fsp3) is 0.500. The molecule has 1 aromatic carbocycles. The summed E-state index contributed by atoms with van der Waals surface area (Å²) in [6.07, 6.45) is 3.22. The molecule has 0 atom stereocenters. The summed E-state index contributed by atoms with van der Waals surface area (Å²) in [4.78, 5) is 27.3. The molecule has 0 spiro atoms. The highest BCUT2D eigenvalue weighted by Gasteiger charge is 2.17. The minimum absolute atomic E-state index is 0.0678. The van der Waals surface area contributed by atoms with Crippen molar-refractivity contribution in [3.63, 3.8) is 0 Å². The van der Waals surface area contributed by atoms with Gasteiger partial charge >= 0.3 is 0 Å². The summed E-state index contributed by atoms with van der Waals surface area (Å²) in [5.41, 5.74) is 2.36. The van der Waals surface area contributed by atoms with Crippen LogP contribution in [0.3, 0.4) is 0 Å². The predicted octanol–water partition coefficient (Wildman–Crippen LogP) is 3.36. The second-order valence-corrected chi connectivity index (χ2v) is 8.06. The van der Waals surface area contributed by atoms with Gasteiger partial charge in [0.25, 0.3) is 5.91 Å². The molecule has 0 saturated carbocycles. The number of rotatable bonds is 2. The average Bonchev–Trinajstić information content (AvgIpc) is 3.02. The molecule has 0 aliphatic carbocycles. The number of fused-ring (bicyclic) bond motifs is 1. The number of halogens is 1. The van der Waals surface area contributed by atoms with Crippen molar-refractivity contribution >= 4 is 23.4 Å². The Bertz CT molecular complexity index is 897. The monoisotopic (exact) mass is 432 g/mol. The standard InChI is InChI=1S/C22H29ClN4O3/c1-16-13-17(2)27(25-16)15-21(28)26-10-4-3-9-24-22(29)19-14-18(23)7-8-20(19)30-12-6-5-11-26/h7-8,13-14H,3-6,9-12,15H2,1-2H3,(H,24,29). The van der Waals surface area contributed by atoms with E-state index in [1.165, 1.54) is 0 Å². The van der Waals surface area contributed by atoms with Crippen LogP contribution in [-0.2, 0) is 11.3 Å². The number of carbonyl (C=O) groups is 2. The van der Waals surface area contributed by atoms with Crippen molar-refractivity contribution in [1.82, 2.24) is 20.0 Å². The van der Waals surface area contributed by atoms with Crippen LogP contribution in [0, 0.1) is 13.8 Å². The van der Waals surface area contributed by atoms with Gasteiger partial charge < -0.3 is 15.0 Å². The van der Waals surface area contributed by atoms with E-state index in [2.05, 4.69) is 10.4 Å². The van der Waals surface area contributed by atoms with E-state index in [1.807, 2.05) is 24.8 Å². The molecule has 1 aromatic heterocycles. The van der Waals surface area contributed by atoms with E-state index in [9.17, 15) is 9.59 Å². The molecular formula is C22H29ClN4O3. The SMILES string of the molecule is Cc1cc(C)n(CC(=O)N2CCCCNC(=O)c3cc(Cl)ccc3OCCCC2)n1. The maximum atomic E-state index is 12.9. The van der Waals surface area contributed by atoms with Gasteiger partial charge in [0.1, 0.15) is 12.3 Å². The first-order valence-corrected chi connectivity index (χ1v) is 10.8. The minimum atomic E-state index is -0.193. The van der Waals surface area contributed by atoms with Gasteiger partial charge in [0.15, 0.2) is 0 Å². The largest absolute Gasteiger partial charge is 0.493 e. The number of amides is 2. The van der Waals surface area contributed by atoms with E-state index >= 15 is 0 Å². The van der Waals surface area contributed by atoms with Gasteiger partial charge in [-0.25, -0.2) is 0 Å². The van der Waals surface area contributed by atoms with Crippen LogP contribution in [-0.4, -0.2) is 52.7 Å². The summed E-state index contributed by atoms with van der Waals surface area (Å²) in [5, 5.41) is 7.82. The van der Waals surface area contributed by atoms with Crippen molar-refractivity contribution in [3.05, 3.63) is 46.2 Å². The van der Waals surface area contributed by atoms with Gasteiger partial charge in [-0.05, 0) is 63.8 Å². The lowest BCUT2D eigenvalue weighted by Gasteiger charge is -2.23. The topological polar surface area (TPSA) is 76.5 Å². The number of hydrogen-bond acceptors (Lipinski definition) is 4. The van der Waals surface area contributed by atoms with Crippen molar-refractivity contribution in [2.45, 2.75) is 46.1 Å². The van der Waals surface area contributed by atoms with E-state index < -0.39 is 0 Å². The van der Waals surface area contributed by atoms with Crippen LogP contribution in [0.25, 0.3) is 0 Å². The number of aromatic nitrogens is 2. The van der Waals surface area contributed by atoms with Gasteiger partial charge in [-0.15, -0.1) is 0 Å². The number of carbonyl (C=O) groups excluding carboxylic acids is 2. The molecule has 0 fully saturated rings. The maximum absolute atomic E-state index is 12.9. The molecule has 8 heteroatoms. The van der Waals surface area contributed by atoms with E-state index in [4.69, 9.17) is 16.3 Å². The van der Waals surface area contributed by atoms with Gasteiger partial charge in [-0.1, -0.05) is 11.6 Å². The fourth-order valence-electron chi connectivity index (χ4n) is 3.54. The quantitative estimate of drug-likeness (QED) is 0.789. The van der Waals surface area contributed by atoms with Gasteiger partial charge in [0.2, 0.25) is 5.91 Å². The Morgan fingerprint density at radius 1 is 1.17 bits per heavy atom. The molecule has 2 amide bonds. The average molecular weight is 433 g/mol. The Morgan fingerprint density at radius 3 is 2.67 bits per heavy atom. The Balaban J connectivity index is 1.63. The van der Waals surface area contributed by atoms with Crippen molar-refractivity contribution in [2.24, 2.45) is 0 Å². The first-order chi connectivity index (χ1) is 14.4. The Morgan fingerprint density at radius 2 is 1.93 bits per heavy atom. The van der Waals surface area contributed by atoms with Gasteiger partial charge in [-0.2, -0.15) is 5.10 Å². The zero-order valence-electron chi connectivity index (χ0n) is 17.6. The molecule has 2 aromatic rings. The molecule has 0 radical (unpaired) electrons.